The van der Waals surface area contributed by atoms with Crippen molar-refractivity contribution in [1.29, 1.82) is 0 Å². The molecule has 1 aliphatic rings. The lowest BCUT2D eigenvalue weighted by molar-refractivity contribution is -0.139. The van der Waals surface area contributed by atoms with Gasteiger partial charge in [0, 0.05) is 12.1 Å². The number of Topliss-reactive ketones (excluding diaryl/α,β-unsaturated/α-hetero) is 1. The number of hydrogen-bond acceptors (Lipinski definition) is 6. The zero-order valence-electron chi connectivity index (χ0n) is 20.6. The highest BCUT2D eigenvalue weighted by atomic mass is 16.5. The molecule has 0 radical (unpaired) electrons. The minimum Gasteiger partial charge on any atom is -0.507 e. The first-order chi connectivity index (χ1) is 16.2. The second-order valence-corrected chi connectivity index (χ2v) is 8.84. The summed E-state index contributed by atoms with van der Waals surface area (Å²) in [6.07, 6.45) is 0.723. The van der Waals surface area contributed by atoms with Gasteiger partial charge >= 0.3 is 0 Å². The minimum atomic E-state index is -0.677. The molecule has 34 heavy (non-hydrogen) atoms. The molecule has 7 heteroatoms. The number of carbonyl (C=O) groups is 2. The zero-order valence-corrected chi connectivity index (χ0v) is 20.6. The van der Waals surface area contributed by atoms with Gasteiger partial charge in [-0.2, -0.15) is 0 Å². The number of aliphatic hydroxyl groups excluding tert-OH is 1. The first-order valence-electron chi connectivity index (χ1n) is 11.7. The molecule has 1 N–H and O–H groups in total. The van der Waals surface area contributed by atoms with Crippen molar-refractivity contribution in [2.45, 2.75) is 39.3 Å². The Morgan fingerprint density at radius 1 is 1.03 bits per heavy atom. The first kappa shape index (κ1) is 25.3. The molecule has 1 fully saturated rings. The largest absolute Gasteiger partial charge is 0.507 e. The quantitative estimate of drug-likeness (QED) is 0.320. The summed E-state index contributed by atoms with van der Waals surface area (Å²) >= 11 is 0. The van der Waals surface area contributed by atoms with Crippen molar-refractivity contribution in [1.82, 2.24) is 9.80 Å². The molecule has 1 amide bonds. The highest BCUT2D eigenvalue weighted by Gasteiger charge is 2.45. The number of benzene rings is 2. The van der Waals surface area contributed by atoms with Crippen molar-refractivity contribution in [3.63, 3.8) is 0 Å². The van der Waals surface area contributed by atoms with Crippen LogP contribution >= 0.6 is 0 Å². The van der Waals surface area contributed by atoms with Gasteiger partial charge in [-0.15, -0.1) is 0 Å². The van der Waals surface area contributed by atoms with Crippen molar-refractivity contribution < 1.29 is 24.2 Å². The number of amides is 1. The first-order valence-corrected chi connectivity index (χ1v) is 11.7. The summed E-state index contributed by atoms with van der Waals surface area (Å²) in [4.78, 5) is 29.7. The van der Waals surface area contributed by atoms with Crippen LogP contribution in [-0.2, 0) is 9.59 Å². The monoisotopic (exact) mass is 466 g/mol. The molecule has 182 valence electrons. The van der Waals surface area contributed by atoms with Crippen LogP contribution in [0.1, 0.15) is 44.4 Å². The lowest BCUT2D eigenvalue weighted by Gasteiger charge is -2.26. The molecule has 7 nitrogen and oxygen atoms in total. The summed E-state index contributed by atoms with van der Waals surface area (Å²) in [7, 11) is 3.93. The third-order valence-electron chi connectivity index (χ3n) is 5.55. The number of aliphatic hydroxyl groups is 1. The Kier molecular flexibility index (Phi) is 8.34. The molecule has 1 saturated heterocycles. The average Bonchev–Trinajstić information content (AvgIpc) is 3.04. The van der Waals surface area contributed by atoms with E-state index in [1.54, 1.807) is 29.2 Å². The molecule has 0 aromatic heterocycles. The highest BCUT2D eigenvalue weighted by Crippen LogP contribution is 2.40. The molecule has 0 saturated carbocycles. The van der Waals surface area contributed by atoms with Gasteiger partial charge in [0.25, 0.3) is 11.7 Å². The second kappa shape index (κ2) is 11.2. The number of carbonyl (C=O) groups excluding carboxylic acids is 2. The van der Waals surface area contributed by atoms with E-state index in [0.717, 1.165) is 12.1 Å². The maximum Gasteiger partial charge on any atom is 0.295 e. The molecule has 0 spiro atoms. The van der Waals surface area contributed by atoms with E-state index < -0.39 is 17.7 Å². The average molecular weight is 467 g/mol. The summed E-state index contributed by atoms with van der Waals surface area (Å²) < 4.78 is 11.2. The highest BCUT2D eigenvalue weighted by molar-refractivity contribution is 6.46. The number of nitrogens with zero attached hydrogens (tertiary/aromatic N) is 2. The topological polar surface area (TPSA) is 79.3 Å². The van der Waals surface area contributed by atoms with Crippen LogP contribution in [0.4, 0.5) is 0 Å². The summed E-state index contributed by atoms with van der Waals surface area (Å²) in [5.74, 6) is -0.0959. The molecular formula is C27H34N2O5. The molecular weight excluding hydrogens is 432 g/mol. The van der Waals surface area contributed by atoms with E-state index in [2.05, 4.69) is 0 Å². The van der Waals surface area contributed by atoms with Crippen molar-refractivity contribution in [3.05, 3.63) is 65.2 Å². The van der Waals surface area contributed by atoms with E-state index in [9.17, 15) is 14.7 Å². The van der Waals surface area contributed by atoms with Crippen molar-refractivity contribution in [2.24, 2.45) is 0 Å². The Hall–Kier alpha value is -3.32. The van der Waals surface area contributed by atoms with E-state index in [0.29, 0.717) is 36.6 Å². The number of ether oxygens (including phenoxy) is 2. The van der Waals surface area contributed by atoms with Crippen molar-refractivity contribution in [3.8, 4) is 11.5 Å². The smallest absolute Gasteiger partial charge is 0.295 e. The van der Waals surface area contributed by atoms with E-state index in [4.69, 9.17) is 9.47 Å². The van der Waals surface area contributed by atoms with Crippen LogP contribution in [-0.4, -0.2) is 66.5 Å². The van der Waals surface area contributed by atoms with Crippen LogP contribution in [0.25, 0.3) is 5.76 Å². The fourth-order valence-electron chi connectivity index (χ4n) is 4.05. The van der Waals surface area contributed by atoms with Gasteiger partial charge in [-0.05, 0) is 89.8 Å². The van der Waals surface area contributed by atoms with Crippen LogP contribution < -0.4 is 9.47 Å². The lowest BCUT2D eigenvalue weighted by Crippen LogP contribution is -2.32. The van der Waals surface area contributed by atoms with Crippen molar-refractivity contribution >= 4 is 17.4 Å². The molecule has 2 aromatic carbocycles. The number of likely N-dealkylation sites (tertiary alicyclic amines) is 1. The molecule has 1 aliphatic heterocycles. The van der Waals surface area contributed by atoms with E-state index >= 15 is 0 Å². The molecule has 0 aliphatic carbocycles. The number of hydrogen-bond donors (Lipinski definition) is 1. The van der Waals surface area contributed by atoms with Gasteiger partial charge in [0.15, 0.2) is 0 Å². The zero-order chi connectivity index (χ0) is 24.8. The van der Waals surface area contributed by atoms with Crippen LogP contribution in [0.15, 0.2) is 54.1 Å². The Morgan fingerprint density at radius 3 is 2.21 bits per heavy atom. The normalized spacial score (nSPS) is 17.6. The van der Waals surface area contributed by atoms with Gasteiger partial charge in [-0.1, -0.05) is 12.1 Å². The molecule has 1 atom stereocenters. The Morgan fingerprint density at radius 2 is 1.65 bits per heavy atom. The summed E-state index contributed by atoms with van der Waals surface area (Å²) in [6.45, 7) is 7.49. The fourth-order valence-corrected chi connectivity index (χ4v) is 4.05. The maximum atomic E-state index is 13.1. The van der Waals surface area contributed by atoms with Gasteiger partial charge in [0.1, 0.15) is 17.3 Å². The Labute approximate surface area is 201 Å². The summed E-state index contributed by atoms with van der Waals surface area (Å²) in [5.41, 5.74) is 1.30. The van der Waals surface area contributed by atoms with Gasteiger partial charge in [-0.25, -0.2) is 0 Å². The maximum absolute atomic E-state index is 13.1. The van der Waals surface area contributed by atoms with Crippen LogP contribution in [0.5, 0.6) is 11.5 Å². The van der Waals surface area contributed by atoms with Gasteiger partial charge in [-0.3, -0.25) is 9.59 Å². The predicted molar refractivity (Wildman–Crippen MR) is 132 cm³/mol. The molecule has 0 bridgehead atoms. The molecule has 3 rings (SSSR count). The van der Waals surface area contributed by atoms with E-state index in [1.165, 1.54) is 0 Å². The number of rotatable bonds is 10. The van der Waals surface area contributed by atoms with E-state index in [-0.39, 0.29) is 17.4 Å². The molecule has 2 aromatic rings. The Balaban J connectivity index is 2.02. The third kappa shape index (κ3) is 5.78. The minimum absolute atomic E-state index is 0.0200. The van der Waals surface area contributed by atoms with Gasteiger partial charge < -0.3 is 24.4 Å². The van der Waals surface area contributed by atoms with Crippen LogP contribution in [0.2, 0.25) is 0 Å². The van der Waals surface area contributed by atoms with Gasteiger partial charge in [0.05, 0.1) is 24.3 Å². The van der Waals surface area contributed by atoms with Gasteiger partial charge in [0.2, 0.25) is 0 Å². The van der Waals surface area contributed by atoms with E-state index in [1.807, 2.05) is 64.0 Å². The standard InChI is InChI=1S/C27H34N2O5/c1-6-33-21-12-8-19(9-13-21)24-23(26(31)27(32)29(24)17-7-16-28(4)5)25(30)20-10-14-22(15-11-20)34-18(2)3/h8-15,18,24,30H,6-7,16-17H2,1-5H3/t24-/m1/s1. The molecule has 1 heterocycles. The molecule has 0 unspecified atom stereocenters. The van der Waals surface area contributed by atoms with Crippen LogP contribution in [0.3, 0.4) is 0 Å². The summed E-state index contributed by atoms with van der Waals surface area (Å²) in [6, 6.07) is 13.5. The second-order valence-electron chi connectivity index (χ2n) is 8.84. The number of ketones is 1. The Bertz CT molecular complexity index is 1030. The lowest BCUT2D eigenvalue weighted by atomic mass is 9.95. The van der Waals surface area contributed by atoms with Crippen molar-refractivity contribution in [2.75, 3.05) is 33.8 Å². The SMILES string of the molecule is CCOc1ccc([C@@H]2C(=C(O)c3ccc(OC(C)C)cc3)C(=O)C(=O)N2CCCN(C)C)cc1. The van der Waals surface area contributed by atoms with Crippen LogP contribution in [0, 0.1) is 0 Å². The fraction of sp³-hybridized carbons (Fsp3) is 0.407. The third-order valence-corrected chi connectivity index (χ3v) is 5.55. The summed E-state index contributed by atoms with van der Waals surface area (Å²) in [5, 5.41) is 11.2. The predicted octanol–water partition coefficient (Wildman–Crippen LogP) is 4.25.